The molecule has 4 aliphatic rings. The van der Waals surface area contributed by atoms with Crippen molar-refractivity contribution in [2.75, 3.05) is 7.05 Å². The number of hydrogen-bond acceptors (Lipinski definition) is 1. The molecule has 4 saturated carbocycles. The lowest BCUT2D eigenvalue weighted by Gasteiger charge is -2.56. The van der Waals surface area contributed by atoms with Crippen molar-refractivity contribution < 1.29 is 4.39 Å². The van der Waals surface area contributed by atoms with Gasteiger partial charge in [0.25, 0.3) is 0 Å². The standard InChI is InChI=1S/C19H26FN/c1-11-3-4-17(20)16(5-11)19(21-2)18-14-7-12-6-13(9-14)10-15(18)8-12/h3-5,12-15,18-19,21H,6-10H2,1-2H3. The Labute approximate surface area is 127 Å². The van der Waals surface area contributed by atoms with E-state index in [1.165, 1.54) is 32.1 Å². The summed E-state index contributed by atoms with van der Waals surface area (Å²) in [4.78, 5) is 0. The second-order valence-electron chi connectivity index (χ2n) is 7.80. The molecular weight excluding hydrogens is 261 g/mol. The van der Waals surface area contributed by atoms with E-state index in [2.05, 4.69) is 18.3 Å². The zero-order valence-electron chi connectivity index (χ0n) is 13.1. The van der Waals surface area contributed by atoms with E-state index in [1.807, 2.05) is 13.1 Å². The summed E-state index contributed by atoms with van der Waals surface area (Å²) in [7, 11) is 2.01. The molecule has 0 amide bonds. The van der Waals surface area contributed by atoms with Crippen molar-refractivity contribution in [1.29, 1.82) is 0 Å². The summed E-state index contributed by atoms with van der Waals surface area (Å²) in [5.41, 5.74) is 2.06. The molecule has 2 heteroatoms. The fourth-order valence-electron chi connectivity index (χ4n) is 5.97. The van der Waals surface area contributed by atoms with Crippen LogP contribution in [0.4, 0.5) is 4.39 Å². The summed E-state index contributed by atoms with van der Waals surface area (Å²) in [6, 6.07) is 5.77. The summed E-state index contributed by atoms with van der Waals surface area (Å²) < 4.78 is 14.4. The van der Waals surface area contributed by atoms with E-state index in [1.54, 1.807) is 6.07 Å². The molecule has 1 aromatic rings. The number of rotatable bonds is 3. The Balaban J connectivity index is 1.68. The molecule has 0 aromatic heterocycles. The van der Waals surface area contributed by atoms with Crippen molar-refractivity contribution >= 4 is 0 Å². The van der Waals surface area contributed by atoms with E-state index in [4.69, 9.17) is 0 Å². The van der Waals surface area contributed by atoms with Gasteiger partial charge in [-0.25, -0.2) is 4.39 Å². The Morgan fingerprint density at radius 3 is 2.24 bits per heavy atom. The zero-order chi connectivity index (χ0) is 14.6. The highest BCUT2D eigenvalue weighted by Gasteiger charge is 2.50. The number of aryl methyl sites for hydroxylation is 1. The number of nitrogens with one attached hydrogen (secondary N) is 1. The van der Waals surface area contributed by atoms with Crippen molar-refractivity contribution in [2.45, 2.75) is 45.1 Å². The third-order valence-electron chi connectivity index (χ3n) is 6.48. The molecule has 1 N–H and O–H groups in total. The van der Waals surface area contributed by atoms with Crippen molar-refractivity contribution in [2.24, 2.45) is 29.6 Å². The van der Waals surface area contributed by atoms with Gasteiger partial charge in [-0.3, -0.25) is 0 Å². The molecular formula is C19H26FN. The third-order valence-corrected chi connectivity index (χ3v) is 6.48. The first-order chi connectivity index (χ1) is 10.2. The van der Waals surface area contributed by atoms with Gasteiger partial charge in [-0.05, 0) is 81.7 Å². The van der Waals surface area contributed by atoms with E-state index >= 15 is 0 Å². The fourth-order valence-corrected chi connectivity index (χ4v) is 5.97. The van der Waals surface area contributed by atoms with Gasteiger partial charge >= 0.3 is 0 Å². The first-order valence-electron chi connectivity index (χ1n) is 8.59. The summed E-state index contributed by atoms with van der Waals surface area (Å²) in [6.45, 7) is 2.06. The van der Waals surface area contributed by atoms with Gasteiger partial charge in [-0.15, -0.1) is 0 Å². The molecule has 0 aliphatic heterocycles. The molecule has 1 nitrogen and oxygen atoms in total. The smallest absolute Gasteiger partial charge is 0.128 e. The first kappa shape index (κ1) is 13.8. The molecule has 0 saturated heterocycles. The van der Waals surface area contributed by atoms with E-state index in [9.17, 15) is 4.39 Å². The first-order valence-corrected chi connectivity index (χ1v) is 8.59. The van der Waals surface area contributed by atoms with Crippen LogP contribution in [0.25, 0.3) is 0 Å². The van der Waals surface area contributed by atoms with Crippen molar-refractivity contribution in [3.8, 4) is 0 Å². The molecule has 0 spiro atoms. The van der Waals surface area contributed by atoms with Crippen LogP contribution in [0.3, 0.4) is 0 Å². The normalized spacial score (nSPS) is 38.7. The van der Waals surface area contributed by atoms with Crippen molar-refractivity contribution in [3.05, 3.63) is 35.1 Å². The van der Waals surface area contributed by atoms with Crippen LogP contribution in [-0.2, 0) is 0 Å². The second kappa shape index (κ2) is 5.08. The van der Waals surface area contributed by atoms with E-state index in [0.717, 1.165) is 34.8 Å². The molecule has 1 aromatic carbocycles. The maximum Gasteiger partial charge on any atom is 0.128 e. The maximum atomic E-state index is 14.4. The van der Waals surface area contributed by atoms with Gasteiger partial charge in [0.2, 0.25) is 0 Å². The largest absolute Gasteiger partial charge is 0.313 e. The predicted molar refractivity (Wildman–Crippen MR) is 83.5 cm³/mol. The van der Waals surface area contributed by atoms with Crippen molar-refractivity contribution in [1.82, 2.24) is 5.32 Å². The van der Waals surface area contributed by atoms with Gasteiger partial charge in [0.1, 0.15) is 5.82 Å². The number of hydrogen-bond donors (Lipinski definition) is 1. The van der Waals surface area contributed by atoms with Crippen LogP contribution in [0.15, 0.2) is 18.2 Å². The van der Waals surface area contributed by atoms with Crippen LogP contribution in [-0.4, -0.2) is 7.05 Å². The number of halogens is 1. The molecule has 114 valence electrons. The number of benzene rings is 1. The monoisotopic (exact) mass is 287 g/mol. The second-order valence-corrected chi connectivity index (χ2v) is 7.80. The molecule has 1 unspecified atom stereocenters. The Kier molecular flexibility index (Phi) is 3.33. The summed E-state index contributed by atoms with van der Waals surface area (Å²) in [5, 5.41) is 3.47. The maximum absolute atomic E-state index is 14.4. The highest BCUT2D eigenvalue weighted by atomic mass is 19.1. The van der Waals surface area contributed by atoms with Crippen LogP contribution >= 0.6 is 0 Å². The summed E-state index contributed by atoms with van der Waals surface area (Å²) in [6.07, 6.45) is 7.04. The highest BCUT2D eigenvalue weighted by Crippen LogP contribution is 2.59. The highest BCUT2D eigenvalue weighted by molar-refractivity contribution is 5.28. The minimum absolute atomic E-state index is 0.0336. The van der Waals surface area contributed by atoms with Crippen LogP contribution in [0, 0.1) is 42.3 Å². The van der Waals surface area contributed by atoms with Gasteiger partial charge in [0, 0.05) is 11.6 Å². The van der Waals surface area contributed by atoms with E-state index < -0.39 is 0 Å². The predicted octanol–water partition coefficient (Wildman–Crippen LogP) is 4.47. The van der Waals surface area contributed by atoms with Crippen LogP contribution in [0.2, 0.25) is 0 Å². The minimum Gasteiger partial charge on any atom is -0.313 e. The molecule has 0 heterocycles. The average molecular weight is 287 g/mol. The molecule has 4 aliphatic carbocycles. The van der Waals surface area contributed by atoms with Crippen LogP contribution < -0.4 is 5.32 Å². The minimum atomic E-state index is -0.0336. The third kappa shape index (κ3) is 2.23. The Morgan fingerprint density at radius 2 is 1.67 bits per heavy atom. The van der Waals surface area contributed by atoms with Gasteiger partial charge in [-0.2, -0.15) is 0 Å². The lowest BCUT2D eigenvalue weighted by Crippen LogP contribution is -2.49. The van der Waals surface area contributed by atoms with Gasteiger partial charge in [-0.1, -0.05) is 17.7 Å². The Hall–Kier alpha value is -0.890. The SMILES string of the molecule is CNC(c1cc(C)ccc1F)C1C2CC3CC(C2)CC1C3. The lowest BCUT2D eigenvalue weighted by atomic mass is 9.50. The quantitative estimate of drug-likeness (QED) is 0.865. The lowest BCUT2D eigenvalue weighted by molar-refractivity contribution is -0.0519. The topological polar surface area (TPSA) is 12.0 Å². The van der Waals surface area contributed by atoms with Gasteiger partial charge in [0.05, 0.1) is 0 Å². The van der Waals surface area contributed by atoms with Gasteiger partial charge < -0.3 is 5.32 Å². The molecule has 1 atom stereocenters. The van der Waals surface area contributed by atoms with Crippen molar-refractivity contribution in [3.63, 3.8) is 0 Å². The molecule has 4 bridgehead atoms. The van der Waals surface area contributed by atoms with Crippen LogP contribution in [0.1, 0.15) is 49.3 Å². The summed E-state index contributed by atoms with van der Waals surface area (Å²) >= 11 is 0. The molecule has 21 heavy (non-hydrogen) atoms. The zero-order valence-corrected chi connectivity index (χ0v) is 13.1. The molecule has 4 fully saturated rings. The molecule has 0 radical (unpaired) electrons. The van der Waals surface area contributed by atoms with Gasteiger partial charge in [0.15, 0.2) is 0 Å². The average Bonchev–Trinajstić information content (AvgIpc) is 2.45. The van der Waals surface area contributed by atoms with E-state index in [-0.39, 0.29) is 11.9 Å². The fraction of sp³-hybridized carbons (Fsp3) is 0.684. The van der Waals surface area contributed by atoms with E-state index in [0.29, 0.717) is 5.92 Å². The Bertz CT molecular complexity index is 510. The van der Waals surface area contributed by atoms with Crippen LogP contribution in [0.5, 0.6) is 0 Å². The molecule has 5 rings (SSSR count). The summed E-state index contributed by atoms with van der Waals surface area (Å²) in [5.74, 6) is 4.19. The Morgan fingerprint density at radius 1 is 1.05 bits per heavy atom.